The number of alkyl halides is 3. The Bertz CT molecular complexity index is 320. The molecule has 0 atom stereocenters. The molecule has 0 aromatic heterocycles. The molecule has 1 rings (SSSR count). The minimum absolute atomic E-state index is 0.238. The van der Waals surface area contributed by atoms with Crippen molar-refractivity contribution in [3.05, 3.63) is 24.3 Å². The Kier molecular flexibility index (Phi) is 5.12. The monoisotopic (exact) mass is 248 g/mol. The zero-order chi connectivity index (χ0) is 12.7. The summed E-state index contributed by atoms with van der Waals surface area (Å²) in [4.78, 5) is 0. The first-order chi connectivity index (χ1) is 8.01. The molecular weight excluding hydrogens is 233 g/mol. The zero-order valence-corrected chi connectivity index (χ0v) is 9.59. The summed E-state index contributed by atoms with van der Waals surface area (Å²) in [6.07, 6.45) is -1.53. The Labute approximate surface area is 98.3 Å². The molecule has 0 saturated heterocycles. The molecule has 0 N–H and O–H groups in total. The highest BCUT2D eigenvalue weighted by Gasteiger charge is 2.30. The highest BCUT2D eigenvalue weighted by Crippen LogP contribution is 2.24. The van der Waals surface area contributed by atoms with E-state index in [0.29, 0.717) is 12.4 Å². The number of hydrogen-bond acceptors (Lipinski definition) is 2. The van der Waals surface area contributed by atoms with Gasteiger partial charge in [0.1, 0.15) is 11.5 Å². The lowest BCUT2D eigenvalue weighted by Crippen LogP contribution is -2.16. The maximum atomic E-state index is 11.9. The summed E-state index contributed by atoms with van der Waals surface area (Å²) in [5, 5.41) is 0. The molecule has 0 spiro atoms. The van der Waals surface area contributed by atoms with E-state index in [1.54, 1.807) is 0 Å². The summed E-state index contributed by atoms with van der Waals surface area (Å²) in [7, 11) is 0. The van der Waals surface area contributed by atoms with Crippen molar-refractivity contribution in [1.29, 1.82) is 0 Å². The molecule has 5 heteroatoms. The maximum Gasteiger partial charge on any atom is 0.573 e. The predicted octanol–water partition coefficient (Wildman–Crippen LogP) is 4.15. The second-order valence-electron chi connectivity index (χ2n) is 3.57. The third kappa shape index (κ3) is 6.04. The van der Waals surface area contributed by atoms with Crippen LogP contribution in [0.2, 0.25) is 0 Å². The van der Waals surface area contributed by atoms with Crippen molar-refractivity contribution in [2.45, 2.75) is 32.5 Å². The average molecular weight is 248 g/mol. The number of ether oxygens (including phenoxy) is 2. The van der Waals surface area contributed by atoms with E-state index in [9.17, 15) is 13.2 Å². The number of rotatable bonds is 6. The largest absolute Gasteiger partial charge is 0.573 e. The zero-order valence-electron chi connectivity index (χ0n) is 9.59. The minimum Gasteiger partial charge on any atom is -0.494 e. The minimum atomic E-state index is -4.65. The summed E-state index contributed by atoms with van der Waals surface area (Å²) >= 11 is 0. The molecule has 96 valence electrons. The quantitative estimate of drug-likeness (QED) is 0.704. The van der Waals surface area contributed by atoms with Gasteiger partial charge in [0, 0.05) is 0 Å². The molecule has 0 saturated carbocycles. The van der Waals surface area contributed by atoms with Crippen LogP contribution in [0.25, 0.3) is 0 Å². The van der Waals surface area contributed by atoms with Crippen molar-refractivity contribution >= 4 is 0 Å². The molecule has 17 heavy (non-hydrogen) atoms. The molecule has 0 aliphatic heterocycles. The Morgan fingerprint density at radius 1 is 1.00 bits per heavy atom. The van der Waals surface area contributed by atoms with Gasteiger partial charge in [-0.1, -0.05) is 19.8 Å². The SMILES string of the molecule is CCCCCOc1ccc(OC(F)(F)F)cc1. The number of unbranched alkanes of at least 4 members (excludes halogenated alkanes) is 2. The molecule has 0 radical (unpaired) electrons. The van der Waals surface area contributed by atoms with E-state index in [0.717, 1.165) is 19.3 Å². The van der Waals surface area contributed by atoms with Crippen molar-refractivity contribution < 1.29 is 22.6 Å². The van der Waals surface area contributed by atoms with Crippen LogP contribution in [0.15, 0.2) is 24.3 Å². The first kappa shape index (κ1) is 13.7. The Morgan fingerprint density at radius 3 is 2.12 bits per heavy atom. The molecule has 0 aliphatic carbocycles. The molecule has 0 aliphatic rings. The second kappa shape index (κ2) is 6.37. The molecule has 0 amide bonds. The number of halogens is 3. The van der Waals surface area contributed by atoms with E-state index in [2.05, 4.69) is 11.7 Å². The molecule has 0 fully saturated rings. The van der Waals surface area contributed by atoms with Crippen LogP contribution in [0.3, 0.4) is 0 Å². The topological polar surface area (TPSA) is 18.5 Å². The van der Waals surface area contributed by atoms with Crippen LogP contribution in [-0.2, 0) is 0 Å². The molecule has 0 unspecified atom stereocenters. The summed E-state index contributed by atoms with van der Waals surface area (Å²) < 4.78 is 44.7. The predicted molar refractivity (Wildman–Crippen MR) is 58.1 cm³/mol. The van der Waals surface area contributed by atoms with Gasteiger partial charge in [-0.25, -0.2) is 0 Å². The van der Waals surface area contributed by atoms with Crippen LogP contribution < -0.4 is 9.47 Å². The summed E-state index contributed by atoms with van der Waals surface area (Å²) in [5.41, 5.74) is 0. The standard InChI is InChI=1S/C12H15F3O2/c1-2-3-4-9-16-10-5-7-11(8-6-10)17-12(13,14)15/h5-8H,2-4,9H2,1H3. The lowest BCUT2D eigenvalue weighted by molar-refractivity contribution is -0.274. The molecule has 1 aromatic rings. The lowest BCUT2D eigenvalue weighted by atomic mass is 10.3. The van der Waals surface area contributed by atoms with Crippen LogP contribution >= 0.6 is 0 Å². The number of hydrogen-bond donors (Lipinski definition) is 0. The Hall–Kier alpha value is -1.39. The van der Waals surface area contributed by atoms with Crippen molar-refractivity contribution in [2.75, 3.05) is 6.61 Å². The van der Waals surface area contributed by atoms with Gasteiger partial charge in [-0.2, -0.15) is 0 Å². The Balaban J connectivity index is 2.39. The average Bonchev–Trinajstić information content (AvgIpc) is 2.25. The van der Waals surface area contributed by atoms with Crippen molar-refractivity contribution in [3.63, 3.8) is 0 Å². The lowest BCUT2D eigenvalue weighted by Gasteiger charge is -2.10. The van der Waals surface area contributed by atoms with E-state index in [-0.39, 0.29) is 5.75 Å². The molecular formula is C12H15F3O2. The van der Waals surface area contributed by atoms with E-state index in [4.69, 9.17) is 4.74 Å². The molecule has 2 nitrogen and oxygen atoms in total. The highest BCUT2D eigenvalue weighted by atomic mass is 19.4. The number of benzene rings is 1. The van der Waals surface area contributed by atoms with Crippen LogP contribution in [0.5, 0.6) is 11.5 Å². The summed E-state index contributed by atoms with van der Waals surface area (Å²) in [6.45, 7) is 2.66. The third-order valence-electron chi connectivity index (χ3n) is 2.07. The van der Waals surface area contributed by atoms with Gasteiger partial charge in [0.05, 0.1) is 6.61 Å². The van der Waals surface area contributed by atoms with Crippen molar-refractivity contribution in [1.82, 2.24) is 0 Å². The van der Waals surface area contributed by atoms with E-state index < -0.39 is 6.36 Å². The van der Waals surface area contributed by atoms with Crippen LogP contribution in [0.4, 0.5) is 13.2 Å². The van der Waals surface area contributed by atoms with Gasteiger partial charge in [-0.15, -0.1) is 13.2 Å². The van der Waals surface area contributed by atoms with Gasteiger partial charge in [0.15, 0.2) is 0 Å². The van der Waals surface area contributed by atoms with Crippen LogP contribution in [-0.4, -0.2) is 13.0 Å². The van der Waals surface area contributed by atoms with Gasteiger partial charge in [-0.3, -0.25) is 0 Å². The summed E-state index contributed by atoms with van der Waals surface area (Å²) in [5.74, 6) is 0.314. The highest BCUT2D eigenvalue weighted by molar-refractivity contribution is 5.31. The van der Waals surface area contributed by atoms with Crippen LogP contribution in [0.1, 0.15) is 26.2 Å². The van der Waals surface area contributed by atoms with Crippen molar-refractivity contribution in [2.24, 2.45) is 0 Å². The van der Waals surface area contributed by atoms with Crippen LogP contribution in [0, 0.1) is 0 Å². The fraction of sp³-hybridized carbons (Fsp3) is 0.500. The molecule has 0 bridgehead atoms. The summed E-state index contributed by atoms with van der Waals surface area (Å²) in [6, 6.07) is 5.41. The van der Waals surface area contributed by atoms with Crippen molar-refractivity contribution in [3.8, 4) is 11.5 Å². The second-order valence-corrected chi connectivity index (χ2v) is 3.57. The Morgan fingerprint density at radius 2 is 1.59 bits per heavy atom. The van der Waals surface area contributed by atoms with Gasteiger partial charge in [0.25, 0.3) is 0 Å². The van der Waals surface area contributed by atoms with E-state index in [1.165, 1.54) is 24.3 Å². The maximum absolute atomic E-state index is 11.9. The molecule has 1 aromatic carbocycles. The van der Waals surface area contributed by atoms with Gasteiger partial charge >= 0.3 is 6.36 Å². The first-order valence-electron chi connectivity index (χ1n) is 5.50. The fourth-order valence-corrected chi connectivity index (χ4v) is 1.28. The smallest absolute Gasteiger partial charge is 0.494 e. The van der Waals surface area contributed by atoms with E-state index >= 15 is 0 Å². The van der Waals surface area contributed by atoms with Gasteiger partial charge in [-0.05, 0) is 30.7 Å². The van der Waals surface area contributed by atoms with E-state index in [1.807, 2.05) is 0 Å². The fourth-order valence-electron chi connectivity index (χ4n) is 1.28. The molecule has 0 heterocycles. The van der Waals surface area contributed by atoms with Gasteiger partial charge < -0.3 is 9.47 Å². The normalized spacial score (nSPS) is 11.3. The third-order valence-corrected chi connectivity index (χ3v) is 2.07. The van der Waals surface area contributed by atoms with Gasteiger partial charge in [0.2, 0.25) is 0 Å². The first-order valence-corrected chi connectivity index (χ1v) is 5.50.